The molecule has 2 aliphatic rings. The third kappa shape index (κ3) is 4.51. The van der Waals surface area contributed by atoms with Crippen LogP contribution in [0.4, 0.5) is 0 Å². The molecule has 0 spiro atoms. The van der Waals surface area contributed by atoms with Gasteiger partial charge in [0.2, 0.25) is 0 Å². The van der Waals surface area contributed by atoms with E-state index in [1.165, 1.54) is 64.2 Å². The fraction of sp³-hybridized carbons (Fsp3) is 1.00. The van der Waals surface area contributed by atoms with Gasteiger partial charge in [-0.1, -0.05) is 79.6 Å². The smallest absolute Gasteiger partial charge is 0.0352 e. The van der Waals surface area contributed by atoms with Crippen LogP contribution < -0.4 is 0 Å². The van der Waals surface area contributed by atoms with E-state index in [9.17, 15) is 0 Å². The van der Waals surface area contributed by atoms with Gasteiger partial charge in [0.1, 0.15) is 0 Å². The molecule has 130 valence electrons. The molecule has 0 aromatic rings. The van der Waals surface area contributed by atoms with Gasteiger partial charge in [-0.25, -0.2) is 0 Å². The first-order valence-electron chi connectivity index (χ1n) is 10.5. The molecule has 6 atom stereocenters. The molecule has 0 N–H and O–H groups in total. The van der Waals surface area contributed by atoms with Crippen molar-refractivity contribution in [3.63, 3.8) is 0 Å². The maximum absolute atomic E-state index is 2.57. The molecule has 2 rings (SSSR count). The second-order valence-electron chi connectivity index (χ2n) is 9.16. The molecule has 2 fully saturated rings. The van der Waals surface area contributed by atoms with Crippen LogP contribution in [0.15, 0.2) is 0 Å². The van der Waals surface area contributed by atoms with Crippen molar-refractivity contribution < 1.29 is 0 Å². The topological polar surface area (TPSA) is 0 Å². The normalized spacial score (nSPS) is 39.3. The van der Waals surface area contributed by atoms with Gasteiger partial charge in [0.05, 0.1) is 0 Å². The summed E-state index contributed by atoms with van der Waals surface area (Å²) in [7, 11) is 0. The van der Waals surface area contributed by atoms with Crippen LogP contribution in [0.1, 0.15) is 98.8 Å². The maximum Gasteiger partial charge on any atom is -0.0352 e. The zero-order valence-electron chi connectivity index (χ0n) is 16.1. The molecule has 0 aromatic heterocycles. The predicted octanol–water partition coefficient (Wildman–Crippen LogP) is 7.33. The Labute approximate surface area is 140 Å². The van der Waals surface area contributed by atoms with Crippen LogP contribution in [0.2, 0.25) is 0 Å². The highest BCUT2D eigenvalue weighted by Crippen LogP contribution is 2.47. The van der Waals surface area contributed by atoms with Gasteiger partial charge in [0.15, 0.2) is 0 Å². The Morgan fingerprint density at radius 1 is 0.773 bits per heavy atom. The van der Waals surface area contributed by atoms with Gasteiger partial charge in [-0.3, -0.25) is 0 Å². The van der Waals surface area contributed by atoms with Gasteiger partial charge in [-0.15, -0.1) is 0 Å². The molecule has 0 bridgehead atoms. The molecule has 0 nitrogen and oxygen atoms in total. The van der Waals surface area contributed by atoms with Gasteiger partial charge in [0, 0.05) is 0 Å². The van der Waals surface area contributed by atoms with E-state index in [1.807, 2.05) is 0 Å². The largest absolute Gasteiger partial charge is 0.0651 e. The van der Waals surface area contributed by atoms with Crippen molar-refractivity contribution in [2.75, 3.05) is 0 Å². The Morgan fingerprint density at radius 2 is 1.50 bits per heavy atom. The molecular weight excluding hydrogens is 264 g/mol. The molecule has 0 heterocycles. The molecule has 0 aliphatic heterocycles. The highest BCUT2D eigenvalue weighted by atomic mass is 14.4. The van der Waals surface area contributed by atoms with Crippen LogP contribution in [-0.2, 0) is 0 Å². The Morgan fingerprint density at radius 3 is 2.18 bits per heavy atom. The molecule has 0 radical (unpaired) electrons. The highest BCUT2D eigenvalue weighted by molar-refractivity contribution is 4.88. The summed E-state index contributed by atoms with van der Waals surface area (Å²) in [5.74, 6) is 6.86. The van der Waals surface area contributed by atoms with Gasteiger partial charge >= 0.3 is 0 Å². The van der Waals surface area contributed by atoms with E-state index >= 15 is 0 Å². The minimum absolute atomic E-state index is 0.856. The van der Waals surface area contributed by atoms with Crippen molar-refractivity contribution in [1.82, 2.24) is 0 Å². The lowest BCUT2D eigenvalue weighted by molar-refractivity contribution is 0.0485. The summed E-state index contributed by atoms with van der Waals surface area (Å²) in [6.07, 6.45) is 15.0. The summed E-state index contributed by atoms with van der Waals surface area (Å²) in [5, 5.41) is 0. The number of rotatable bonds is 3. The van der Waals surface area contributed by atoms with Crippen molar-refractivity contribution in [3.8, 4) is 0 Å². The van der Waals surface area contributed by atoms with Gasteiger partial charge in [-0.2, -0.15) is 0 Å². The number of hydrogen-bond acceptors (Lipinski definition) is 0. The molecule has 2 saturated carbocycles. The fourth-order valence-corrected chi connectivity index (χ4v) is 5.74. The molecule has 0 aromatic carbocycles. The summed E-state index contributed by atoms with van der Waals surface area (Å²) in [6, 6.07) is 0. The van der Waals surface area contributed by atoms with Gasteiger partial charge < -0.3 is 0 Å². The predicted molar refractivity (Wildman–Crippen MR) is 99.0 cm³/mol. The van der Waals surface area contributed by atoms with E-state index in [0.29, 0.717) is 0 Å². The Kier molecular flexibility index (Phi) is 7.29. The summed E-state index contributed by atoms with van der Waals surface area (Å²) in [4.78, 5) is 0. The minimum Gasteiger partial charge on any atom is -0.0651 e. The fourth-order valence-electron chi connectivity index (χ4n) is 5.74. The second-order valence-corrected chi connectivity index (χ2v) is 9.16. The third-order valence-electron chi connectivity index (χ3n) is 7.55. The van der Waals surface area contributed by atoms with Crippen LogP contribution in [0.5, 0.6) is 0 Å². The molecular formula is C22H42. The van der Waals surface area contributed by atoms with Crippen LogP contribution in [0.3, 0.4) is 0 Å². The molecule has 22 heavy (non-hydrogen) atoms. The second kappa shape index (κ2) is 8.74. The number of hydrogen-bond donors (Lipinski definition) is 0. The lowest BCUT2D eigenvalue weighted by Gasteiger charge is -2.45. The van der Waals surface area contributed by atoms with Crippen LogP contribution in [-0.4, -0.2) is 0 Å². The Bertz CT molecular complexity index is 305. The molecule has 0 heteroatoms. The Hall–Kier alpha value is 0. The highest BCUT2D eigenvalue weighted by Gasteiger charge is 2.38. The Balaban J connectivity index is 2.22. The number of fused-ring (bicyclic) bond motifs is 1. The van der Waals surface area contributed by atoms with Crippen molar-refractivity contribution in [1.29, 1.82) is 0 Å². The van der Waals surface area contributed by atoms with Crippen molar-refractivity contribution >= 4 is 0 Å². The lowest BCUT2D eigenvalue weighted by Crippen LogP contribution is -2.36. The summed E-state index contributed by atoms with van der Waals surface area (Å²) < 4.78 is 0. The van der Waals surface area contributed by atoms with E-state index in [-0.39, 0.29) is 0 Å². The average molecular weight is 307 g/mol. The third-order valence-corrected chi connectivity index (χ3v) is 7.55. The van der Waals surface area contributed by atoms with Crippen LogP contribution in [0, 0.1) is 41.4 Å². The van der Waals surface area contributed by atoms with E-state index in [1.54, 1.807) is 0 Å². The zero-order chi connectivity index (χ0) is 16.1. The average Bonchev–Trinajstić information content (AvgIpc) is 2.46. The first-order valence-corrected chi connectivity index (χ1v) is 10.5. The summed E-state index contributed by atoms with van der Waals surface area (Å²) in [6.45, 7) is 12.4. The van der Waals surface area contributed by atoms with E-state index in [4.69, 9.17) is 0 Å². The first-order chi connectivity index (χ1) is 10.5. The van der Waals surface area contributed by atoms with Crippen LogP contribution in [0.25, 0.3) is 0 Å². The van der Waals surface area contributed by atoms with Crippen molar-refractivity contribution in [3.05, 3.63) is 0 Å². The van der Waals surface area contributed by atoms with Crippen molar-refractivity contribution in [2.45, 2.75) is 98.8 Å². The van der Waals surface area contributed by atoms with Gasteiger partial charge in [0.25, 0.3) is 0 Å². The van der Waals surface area contributed by atoms with Crippen LogP contribution >= 0.6 is 0 Å². The van der Waals surface area contributed by atoms with E-state index in [2.05, 4.69) is 34.6 Å². The SMILES string of the molecule is CCC1CCCCC(C(C)C(C)C)C2CCCC(C)CCC12. The standard InChI is InChI=1S/C22H42/c1-6-19-11-7-8-12-20(18(5)16(2)3)22-13-9-10-17(4)14-15-21(19)22/h16-22H,6-15H2,1-5H3. The minimum atomic E-state index is 0.856. The lowest BCUT2D eigenvalue weighted by atomic mass is 9.60. The molecule has 6 unspecified atom stereocenters. The van der Waals surface area contributed by atoms with E-state index < -0.39 is 0 Å². The van der Waals surface area contributed by atoms with E-state index in [0.717, 1.165) is 41.4 Å². The monoisotopic (exact) mass is 306 g/mol. The zero-order valence-corrected chi connectivity index (χ0v) is 16.1. The molecule has 0 saturated heterocycles. The van der Waals surface area contributed by atoms with Crippen molar-refractivity contribution in [2.24, 2.45) is 41.4 Å². The summed E-state index contributed by atoms with van der Waals surface area (Å²) in [5.41, 5.74) is 0. The molecule has 2 aliphatic carbocycles. The first kappa shape index (κ1) is 18.3. The maximum atomic E-state index is 2.57. The summed E-state index contributed by atoms with van der Waals surface area (Å²) >= 11 is 0. The molecule has 0 amide bonds. The van der Waals surface area contributed by atoms with Gasteiger partial charge in [-0.05, 0) is 60.7 Å². The quantitative estimate of drug-likeness (QED) is 0.512.